The normalized spacial score (nSPS) is 13.2. The molecule has 0 amide bonds. The summed E-state index contributed by atoms with van der Waals surface area (Å²) in [5.41, 5.74) is 1.48. The summed E-state index contributed by atoms with van der Waals surface area (Å²) in [6.45, 7) is -0.607. The molecule has 0 aromatic carbocycles. The van der Waals surface area contributed by atoms with E-state index in [-0.39, 0.29) is 31.4 Å². The average Bonchev–Trinajstić information content (AvgIpc) is 2.88. The Morgan fingerprint density at radius 3 is 2.50 bits per heavy atom. The first-order valence-corrected chi connectivity index (χ1v) is 6.31. The number of hydrogen-bond donors (Lipinski definition) is 6. The third kappa shape index (κ3) is 3.05. The molecule has 0 aliphatic heterocycles. The number of rotatable bonds is 7. The lowest BCUT2D eigenvalue weighted by Crippen LogP contribution is -2.45. The molecule has 1 unspecified atom stereocenters. The summed E-state index contributed by atoms with van der Waals surface area (Å²) in [5, 5.41) is 30.4. The molecule has 0 fully saturated rings. The van der Waals surface area contributed by atoms with Crippen molar-refractivity contribution in [3.63, 3.8) is 0 Å². The minimum Gasteiger partial charge on any atom is -0.395 e. The lowest BCUT2D eigenvalue weighted by Gasteiger charge is -2.21. The van der Waals surface area contributed by atoms with Gasteiger partial charge in [-0.1, -0.05) is 0 Å². The number of aliphatic hydroxyl groups is 3. The highest BCUT2D eigenvalue weighted by molar-refractivity contribution is 5.77. The van der Waals surface area contributed by atoms with E-state index in [9.17, 15) is 9.90 Å². The maximum Gasteiger partial charge on any atom is 0.275 e. The lowest BCUT2D eigenvalue weighted by molar-refractivity contribution is 0.145. The minimum absolute atomic E-state index is 0.160. The molecule has 0 aliphatic carbocycles. The summed E-state index contributed by atoms with van der Waals surface area (Å²) in [6.07, 6.45) is 3.42. The molecule has 0 aliphatic rings. The molecule has 0 radical (unpaired) electrons. The number of nitrogens with one attached hydrogen (secondary N) is 3. The van der Waals surface area contributed by atoms with Crippen molar-refractivity contribution >= 4 is 11.0 Å². The zero-order valence-corrected chi connectivity index (χ0v) is 10.8. The number of nitrogens with zero attached hydrogens (tertiary/aromatic N) is 1. The van der Waals surface area contributed by atoms with Gasteiger partial charge >= 0.3 is 0 Å². The van der Waals surface area contributed by atoms with Crippen molar-refractivity contribution in [1.29, 1.82) is 0 Å². The Bertz CT molecular complexity index is 605. The van der Waals surface area contributed by atoms with Crippen molar-refractivity contribution < 1.29 is 15.3 Å². The number of aliphatic hydroxyl groups excluding tert-OH is 3. The number of aromatic nitrogens is 3. The lowest BCUT2D eigenvalue weighted by atomic mass is 10.1. The minimum atomic E-state index is -0.492. The quantitative estimate of drug-likeness (QED) is 0.351. The SMILES string of the molecule is O=c1[nH]cnc2c(CC(CO)NC(CO)CO)c[nH]c12. The second kappa shape index (κ2) is 6.62. The molecule has 2 aromatic heterocycles. The maximum absolute atomic E-state index is 11.6. The van der Waals surface area contributed by atoms with Crippen molar-refractivity contribution in [2.45, 2.75) is 18.5 Å². The van der Waals surface area contributed by atoms with Gasteiger partial charge in [-0.2, -0.15) is 0 Å². The van der Waals surface area contributed by atoms with Crippen molar-refractivity contribution in [3.05, 3.63) is 28.4 Å². The largest absolute Gasteiger partial charge is 0.395 e. The molecule has 2 rings (SSSR count). The van der Waals surface area contributed by atoms with Gasteiger partial charge in [0.05, 0.1) is 37.7 Å². The third-order valence-corrected chi connectivity index (χ3v) is 3.15. The molecule has 6 N–H and O–H groups in total. The molecule has 0 saturated heterocycles. The van der Waals surface area contributed by atoms with Crippen LogP contribution in [0.5, 0.6) is 0 Å². The predicted octanol–water partition coefficient (Wildman–Crippen LogP) is -1.90. The Morgan fingerprint density at radius 2 is 1.85 bits per heavy atom. The Morgan fingerprint density at radius 1 is 1.15 bits per heavy atom. The second-order valence-electron chi connectivity index (χ2n) is 4.58. The summed E-state index contributed by atoms with van der Waals surface area (Å²) in [5.74, 6) is 0. The predicted molar refractivity (Wildman–Crippen MR) is 72.4 cm³/mol. The van der Waals surface area contributed by atoms with E-state index in [1.807, 2.05) is 0 Å². The molecule has 110 valence electrons. The van der Waals surface area contributed by atoms with Crippen molar-refractivity contribution in [2.75, 3.05) is 19.8 Å². The summed E-state index contributed by atoms with van der Waals surface area (Å²) >= 11 is 0. The molecule has 8 heteroatoms. The molecule has 2 heterocycles. The van der Waals surface area contributed by atoms with Gasteiger partial charge in [0.25, 0.3) is 5.56 Å². The van der Waals surface area contributed by atoms with Crippen LogP contribution in [0.25, 0.3) is 11.0 Å². The standard InChI is InChI=1S/C12H18N4O4/c17-3-8(16-9(4-18)5-19)1-7-2-13-11-10(7)14-6-15-12(11)20/h2,6,8-9,13,16-19H,1,3-5H2,(H,14,15,20). The van der Waals surface area contributed by atoms with Gasteiger partial charge in [0.15, 0.2) is 0 Å². The highest BCUT2D eigenvalue weighted by Gasteiger charge is 2.17. The first-order chi connectivity index (χ1) is 9.69. The number of fused-ring (bicyclic) bond motifs is 1. The Balaban J connectivity index is 2.17. The van der Waals surface area contributed by atoms with Crippen LogP contribution in [0.3, 0.4) is 0 Å². The molecular weight excluding hydrogens is 264 g/mol. The van der Waals surface area contributed by atoms with Gasteiger partial charge < -0.3 is 30.6 Å². The topological polar surface area (TPSA) is 134 Å². The Labute approximate surface area is 114 Å². The Kier molecular flexibility index (Phi) is 4.85. The van der Waals surface area contributed by atoms with Gasteiger partial charge in [0, 0.05) is 12.2 Å². The van der Waals surface area contributed by atoms with Crippen molar-refractivity contribution in [1.82, 2.24) is 20.3 Å². The molecule has 1 atom stereocenters. The molecule has 0 bridgehead atoms. The molecular formula is C12H18N4O4. The number of aromatic amines is 2. The number of H-pyrrole nitrogens is 2. The van der Waals surface area contributed by atoms with Crippen molar-refractivity contribution in [2.24, 2.45) is 0 Å². The average molecular weight is 282 g/mol. The summed E-state index contributed by atoms with van der Waals surface area (Å²) < 4.78 is 0. The zero-order valence-electron chi connectivity index (χ0n) is 10.8. The fourth-order valence-electron chi connectivity index (χ4n) is 2.10. The molecule has 8 nitrogen and oxygen atoms in total. The number of hydrogen-bond acceptors (Lipinski definition) is 6. The van der Waals surface area contributed by atoms with Crippen LogP contribution in [0.4, 0.5) is 0 Å². The van der Waals surface area contributed by atoms with E-state index in [2.05, 4.69) is 20.3 Å². The van der Waals surface area contributed by atoms with Gasteiger partial charge in [0.1, 0.15) is 5.52 Å². The summed E-state index contributed by atoms with van der Waals surface area (Å²) in [6, 6.07) is -0.840. The molecule has 0 spiro atoms. The molecule has 0 saturated carbocycles. The third-order valence-electron chi connectivity index (χ3n) is 3.15. The van der Waals surface area contributed by atoms with E-state index in [1.54, 1.807) is 6.20 Å². The first kappa shape index (κ1) is 14.7. The fourth-order valence-corrected chi connectivity index (χ4v) is 2.10. The van der Waals surface area contributed by atoms with Gasteiger partial charge in [0.2, 0.25) is 0 Å². The maximum atomic E-state index is 11.6. The van der Waals surface area contributed by atoms with E-state index in [0.29, 0.717) is 17.5 Å². The van der Waals surface area contributed by atoms with Crippen LogP contribution in [-0.4, -0.2) is 62.2 Å². The smallest absolute Gasteiger partial charge is 0.275 e. The molecule has 20 heavy (non-hydrogen) atoms. The van der Waals surface area contributed by atoms with Crippen LogP contribution in [0, 0.1) is 0 Å². The zero-order chi connectivity index (χ0) is 14.5. The van der Waals surface area contributed by atoms with E-state index in [4.69, 9.17) is 10.2 Å². The van der Waals surface area contributed by atoms with E-state index in [0.717, 1.165) is 5.56 Å². The van der Waals surface area contributed by atoms with Gasteiger partial charge in [-0.15, -0.1) is 0 Å². The van der Waals surface area contributed by atoms with Gasteiger partial charge in [-0.25, -0.2) is 4.98 Å². The van der Waals surface area contributed by atoms with Gasteiger partial charge in [-0.05, 0) is 12.0 Å². The van der Waals surface area contributed by atoms with Crippen LogP contribution in [0.15, 0.2) is 17.3 Å². The monoisotopic (exact) mass is 282 g/mol. The van der Waals surface area contributed by atoms with Crippen LogP contribution < -0.4 is 10.9 Å². The van der Waals surface area contributed by atoms with E-state index in [1.165, 1.54) is 6.33 Å². The summed E-state index contributed by atoms with van der Waals surface area (Å²) in [4.78, 5) is 21.0. The Hall–Kier alpha value is -1.74. The van der Waals surface area contributed by atoms with Crippen LogP contribution >= 0.6 is 0 Å². The molecule has 2 aromatic rings. The highest BCUT2D eigenvalue weighted by atomic mass is 16.3. The van der Waals surface area contributed by atoms with Gasteiger partial charge in [-0.3, -0.25) is 4.79 Å². The first-order valence-electron chi connectivity index (χ1n) is 6.31. The van der Waals surface area contributed by atoms with Crippen LogP contribution in [0.2, 0.25) is 0 Å². The van der Waals surface area contributed by atoms with Crippen molar-refractivity contribution in [3.8, 4) is 0 Å². The highest BCUT2D eigenvalue weighted by Crippen LogP contribution is 2.13. The van der Waals surface area contributed by atoms with E-state index < -0.39 is 6.04 Å². The van der Waals surface area contributed by atoms with Crippen LogP contribution in [-0.2, 0) is 6.42 Å². The fraction of sp³-hybridized carbons (Fsp3) is 0.500. The van der Waals surface area contributed by atoms with E-state index >= 15 is 0 Å². The second-order valence-corrected chi connectivity index (χ2v) is 4.58. The summed E-state index contributed by atoms with van der Waals surface area (Å²) in [7, 11) is 0. The van der Waals surface area contributed by atoms with Crippen LogP contribution in [0.1, 0.15) is 5.56 Å².